The minimum Gasteiger partial charge on any atom is -0.368 e. The second kappa shape index (κ2) is 6.53. The molecule has 0 saturated heterocycles. The fourth-order valence-electron chi connectivity index (χ4n) is 1.96. The number of rotatable bonds is 5. The van der Waals surface area contributed by atoms with Crippen molar-refractivity contribution in [3.05, 3.63) is 35.7 Å². The number of hydrogen-bond donors (Lipinski definition) is 3. The van der Waals surface area contributed by atoms with E-state index < -0.39 is 0 Å². The summed E-state index contributed by atoms with van der Waals surface area (Å²) in [6.07, 6.45) is 2.07. The molecule has 0 saturated carbocycles. The van der Waals surface area contributed by atoms with E-state index in [0.717, 1.165) is 6.54 Å². The van der Waals surface area contributed by atoms with Crippen LogP contribution in [-0.4, -0.2) is 28.3 Å². The van der Waals surface area contributed by atoms with Crippen molar-refractivity contribution in [2.24, 2.45) is 0 Å². The van der Waals surface area contributed by atoms with Crippen LogP contribution in [0.15, 0.2) is 29.2 Å². The third-order valence-electron chi connectivity index (χ3n) is 2.84. The Labute approximate surface area is 122 Å². The highest BCUT2D eigenvalue weighted by molar-refractivity contribution is 7.98. The largest absolute Gasteiger partial charge is 0.368 e. The summed E-state index contributed by atoms with van der Waals surface area (Å²) in [6, 6.07) is 8.55. The zero-order valence-electron chi connectivity index (χ0n) is 11.6. The lowest BCUT2D eigenvalue weighted by molar-refractivity contribution is -0.908. The Morgan fingerprint density at radius 3 is 2.15 bits per heavy atom. The molecule has 7 heteroatoms. The highest BCUT2D eigenvalue weighted by Crippen LogP contribution is 2.14. The number of benzene rings is 1. The molecule has 20 heavy (non-hydrogen) atoms. The Morgan fingerprint density at radius 2 is 1.60 bits per heavy atom. The van der Waals surface area contributed by atoms with Crippen LogP contribution in [-0.2, 0) is 13.1 Å². The maximum absolute atomic E-state index is 5.57. The first-order valence-corrected chi connectivity index (χ1v) is 7.49. The summed E-state index contributed by atoms with van der Waals surface area (Å²) >= 11 is 1.74. The molecule has 6 nitrogen and oxygen atoms in total. The van der Waals surface area contributed by atoms with Crippen LogP contribution in [0.1, 0.15) is 11.4 Å². The summed E-state index contributed by atoms with van der Waals surface area (Å²) in [4.78, 5) is 14.5. The highest BCUT2D eigenvalue weighted by atomic mass is 32.2. The predicted molar refractivity (Wildman–Crippen MR) is 81.2 cm³/mol. The zero-order chi connectivity index (χ0) is 14.5. The first kappa shape index (κ1) is 14.5. The Kier molecular flexibility index (Phi) is 4.75. The van der Waals surface area contributed by atoms with Crippen LogP contribution in [0.3, 0.4) is 0 Å². The van der Waals surface area contributed by atoms with E-state index in [0.29, 0.717) is 12.4 Å². The Bertz CT molecular complexity index is 551. The van der Waals surface area contributed by atoms with Crippen LogP contribution in [0.2, 0.25) is 0 Å². The van der Waals surface area contributed by atoms with Gasteiger partial charge in [-0.15, -0.1) is 11.8 Å². The number of hydrogen-bond acceptors (Lipinski definition) is 6. The lowest BCUT2D eigenvalue weighted by Gasteiger charge is -2.13. The topological polar surface area (TPSA) is 95.2 Å². The van der Waals surface area contributed by atoms with Gasteiger partial charge in [0.25, 0.3) is 0 Å². The van der Waals surface area contributed by atoms with Crippen molar-refractivity contribution in [1.29, 1.82) is 0 Å². The second-order valence-electron chi connectivity index (χ2n) is 4.63. The standard InChI is InChI=1S/C13H18N6S/c1-19(7-9-3-5-10(20-2)6-4-9)8-11-16-12(14)18-13(15)17-11/h3-6H,7-8H2,1-2H3,(H4,14,15,16,17,18)/p+1. The first-order chi connectivity index (χ1) is 9.56. The number of nitrogens with one attached hydrogen (secondary N) is 1. The number of nitrogens with two attached hydrogens (primary N) is 2. The van der Waals surface area contributed by atoms with Gasteiger partial charge in [-0.05, 0) is 18.4 Å². The van der Waals surface area contributed by atoms with E-state index in [1.807, 2.05) is 0 Å². The fourth-order valence-corrected chi connectivity index (χ4v) is 2.37. The summed E-state index contributed by atoms with van der Waals surface area (Å²) < 4.78 is 0. The van der Waals surface area contributed by atoms with Crippen molar-refractivity contribution in [2.75, 3.05) is 24.8 Å². The van der Waals surface area contributed by atoms with Gasteiger partial charge in [-0.25, -0.2) is 0 Å². The van der Waals surface area contributed by atoms with Crippen molar-refractivity contribution in [3.63, 3.8) is 0 Å². The van der Waals surface area contributed by atoms with Gasteiger partial charge >= 0.3 is 0 Å². The molecular formula is C13H19N6S+. The molecule has 1 aromatic heterocycles. The van der Waals surface area contributed by atoms with E-state index in [2.05, 4.69) is 52.5 Å². The van der Waals surface area contributed by atoms with Crippen molar-refractivity contribution in [2.45, 2.75) is 18.0 Å². The Balaban J connectivity index is 1.98. The van der Waals surface area contributed by atoms with Gasteiger partial charge in [-0.2, -0.15) is 15.0 Å². The molecule has 0 aliphatic carbocycles. The Hall–Kier alpha value is -1.86. The van der Waals surface area contributed by atoms with Crippen LogP contribution in [0.25, 0.3) is 0 Å². The maximum atomic E-state index is 5.57. The molecule has 0 fully saturated rings. The monoisotopic (exact) mass is 291 g/mol. The maximum Gasteiger partial charge on any atom is 0.225 e. The molecule has 0 aliphatic heterocycles. The van der Waals surface area contributed by atoms with Gasteiger partial charge in [-0.1, -0.05) is 12.1 Å². The van der Waals surface area contributed by atoms with Crippen LogP contribution in [0, 0.1) is 0 Å². The van der Waals surface area contributed by atoms with Gasteiger partial charge in [0.15, 0.2) is 5.82 Å². The molecule has 0 aliphatic rings. The molecule has 0 amide bonds. The molecule has 2 aromatic rings. The molecule has 0 spiro atoms. The second-order valence-corrected chi connectivity index (χ2v) is 5.51. The van der Waals surface area contributed by atoms with Crippen molar-refractivity contribution in [1.82, 2.24) is 15.0 Å². The number of anilines is 2. The summed E-state index contributed by atoms with van der Waals surface area (Å²) in [6.45, 7) is 1.54. The lowest BCUT2D eigenvalue weighted by Crippen LogP contribution is -3.06. The van der Waals surface area contributed by atoms with E-state index in [1.165, 1.54) is 15.4 Å². The molecular weight excluding hydrogens is 272 g/mol. The molecule has 2 rings (SSSR count). The van der Waals surface area contributed by atoms with Crippen molar-refractivity contribution in [3.8, 4) is 0 Å². The number of thioether (sulfide) groups is 1. The molecule has 1 aromatic carbocycles. The Morgan fingerprint density at radius 1 is 1.00 bits per heavy atom. The number of quaternary nitrogens is 1. The molecule has 5 N–H and O–H groups in total. The quantitative estimate of drug-likeness (QED) is 0.670. The molecule has 1 heterocycles. The number of aromatic nitrogens is 3. The number of nitrogens with zero attached hydrogens (tertiary/aromatic N) is 3. The molecule has 1 unspecified atom stereocenters. The van der Waals surface area contributed by atoms with Crippen LogP contribution in [0.5, 0.6) is 0 Å². The average molecular weight is 291 g/mol. The fraction of sp³-hybridized carbons (Fsp3) is 0.308. The third kappa shape index (κ3) is 4.07. The zero-order valence-corrected chi connectivity index (χ0v) is 12.4. The minimum absolute atomic E-state index is 0.171. The minimum atomic E-state index is 0.171. The smallest absolute Gasteiger partial charge is 0.225 e. The SMILES string of the molecule is CSc1ccc(C[NH+](C)Cc2nc(N)nc(N)n2)cc1. The van der Waals surface area contributed by atoms with Gasteiger partial charge in [0.05, 0.1) is 7.05 Å². The van der Waals surface area contributed by atoms with E-state index in [9.17, 15) is 0 Å². The highest BCUT2D eigenvalue weighted by Gasteiger charge is 2.09. The molecule has 0 bridgehead atoms. The van der Waals surface area contributed by atoms with Crippen molar-refractivity contribution < 1.29 is 4.90 Å². The average Bonchev–Trinajstić information content (AvgIpc) is 2.38. The van der Waals surface area contributed by atoms with Gasteiger partial charge in [-0.3, -0.25) is 0 Å². The third-order valence-corrected chi connectivity index (χ3v) is 3.58. The van der Waals surface area contributed by atoms with Gasteiger partial charge in [0, 0.05) is 10.5 Å². The van der Waals surface area contributed by atoms with Crippen LogP contribution >= 0.6 is 11.8 Å². The van der Waals surface area contributed by atoms with E-state index in [-0.39, 0.29) is 11.9 Å². The van der Waals surface area contributed by atoms with Crippen molar-refractivity contribution >= 4 is 23.7 Å². The summed E-state index contributed by atoms with van der Waals surface area (Å²) in [5.74, 6) is 0.961. The lowest BCUT2D eigenvalue weighted by atomic mass is 10.2. The summed E-state index contributed by atoms with van der Waals surface area (Å²) in [7, 11) is 2.08. The van der Waals surface area contributed by atoms with E-state index in [4.69, 9.17) is 11.5 Å². The number of nitrogen functional groups attached to an aromatic ring is 2. The van der Waals surface area contributed by atoms with E-state index >= 15 is 0 Å². The molecule has 1 atom stereocenters. The summed E-state index contributed by atoms with van der Waals surface area (Å²) in [5.41, 5.74) is 12.4. The summed E-state index contributed by atoms with van der Waals surface area (Å²) in [5, 5.41) is 0. The normalized spacial score (nSPS) is 12.3. The van der Waals surface area contributed by atoms with Gasteiger partial charge in [0.1, 0.15) is 13.1 Å². The van der Waals surface area contributed by atoms with E-state index in [1.54, 1.807) is 11.8 Å². The van der Waals surface area contributed by atoms with Crippen LogP contribution < -0.4 is 16.4 Å². The predicted octanol–water partition coefficient (Wildman–Crippen LogP) is -0.0272. The van der Waals surface area contributed by atoms with Gasteiger partial charge < -0.3 is 16.4 Å². The van der Waals surface area contributed by atoms with Crippen LogP contribution in [0.4, 0.5) is 11.9 Å². The van der Waals surface area contributed by atoms with Gasteiger partial charge in [0.2, 0.25) is 11.9 Å². The first-order valence-electron chi connectivity index (χ1n) is 6.27. The molecule has 106 valence electrons. The molecule has 0 radical (unpaired) electrons.